The molecular formula is C17H20ClN2O2PS. The summed E-state index contributed by atoms with van der Waals surface area (Å²) in [6.07, 6.45) is 3.41. The second-order valence-electron chi connectivity index (χ2n) is 6.49. The van der Waals surface area contributed by atoms with Gasteiger partial charge in [-0.1, -0.05) is 43.6 Å². The lowest BCUT2D eigenvalue weighted by Crippen LogP contribution is -2.35. The van der Waals surface area contributed by atoms with Gasteiger partial charge in [0.2, 0.25) is 0 Å². The summed E-state index contributed by atoms with van der Waals surface area (Å²) in [4.78, 5) is 4.11. The molecule has 24 heavy (non-hydrogen) atoms. The highest BCUT2D eigenvalue weighted by molar-refractivity contribution is 8.09. The molecule has 1 aromatic carbocycles. The van der Waals surface area contributed by atoms with E-state index in [1.807, 2.05) is 36.4 Å². The van der Waals surface area contributed by atoms with Gasteiger partial charge in [-0.05, 0) is 41.1 Å². The largest absolute Gasteiger partial charge is 0.317 e. The molecule has 0 unspecified atom stereocenters. The number of halogens is 1. The molecule has 0 bridgehead atoms. The van der Waals surface area contributed by atoms with Crippen molar-refractivity contribution in [2.45, 2.75) is 26.5 Å². The molecule has 0 aliphatic carbocycles. The molecule has 4 nitrogen and oxygen atoms in total. The predicted molar refractivity (Wildman–Crippen MR) is 100 cm³/mol. The number of nitrogens with zero attached hydrogens (tertiary/aromatic N) is 1. The van der Waals surface area contributed by atoms with E-state index in [1.165, 1.54) is 0 Å². The number of nitrogens with one attached hydrogen (secondary N) is 1. The van der Waals surface area contributed by atoms with Crippen molar-refractivity contribution in [1.29, 1.82) is 0 Å². The first-order valence-electron chi connectivity index (χ1n) is 7.70. The zero-order valence-electron chi connectivity index (χ0n) is 13.6. The maximum absolute atomic E-state index is 6.27. The van der Waals surface area contributed by atoms with Crippen LogP contribution in [-0.2, 0) is 27.4 Å². The van der Waals surface area contributed by atoms with Crippen molar-refractivity contribution in [1.82, 2.24) is 10.1 Å². The van der Waals surface area contributed by atoms with E-state index < -0.39 is 6.64 Å². The van der Waals surface area contributed by atoms with Crippen LogP contribution in [0.1, 0.15) is 31.1 Å². The molecule has 1 aliphatic rings. The van der Waals surface area contributed by atoms with Crippen molar-refractivity contribution in [3.05, 3.63) is 64.9 Å². The summed E-state index contributed by atoms with van der Waals surface area (Å²) >= 11 is 11.7. The fraction of sp³-hybridized carbons (Fsp3) is 0.353. The van der Waals surface area contributed by atoms with Crippen LogP contribution < -0.4 is 5.09 Å². The fourth-order valence-corrected chi connectivity index (χ4v) is 5.09. The van der Waals surface area contributed by atoms with Crippen molar-refractivity contribution in [3.63, 3.8) is 0 Å². The average molecular weight is 383 g/mol. The molecule has 2 heterocycles. The highest BCUT2D eigenvalue weighted by Gasteiger charge is 2.42. The molecule has 1 N–H and O–H groups in total. The van der Waals surface area contributed by atoms with Gasteiger partial charge in [0.05, 0.1) is 12.7 Å². The third-order valence-electron chi connectivity index (χ3n) is 3.93. The standard InChI is InChI=1S/C17H20ClN2O2PS/c1-17(2)12-21-23(24,20-11-13-4-3-9-19-10-13)22-16(17)14-5-7-15(18)8-6-14/h3-10,16H,11-12H2,1-2H3,(H,20,24)/t16-,23-/m0/s1. The highest BCUT2D eigenvalue weighted by Crippen LogP contribution is 2.58. The second-order valence-corrected chi connectivity index (χ2v) is 10.2. The van der Waals surface area contributed by atoms with Gasteiger partial charge in [0, 0.05) is 29.4 Å². The molecule has 1 fully saturated rings. The maximum Gasteiger partial charge on any atom is 0.262 e. The molecule has 0 spiro atoms. The van der Waals surface area contributed by atoms with Crippen LogP contribution in [0.25, 0.3) is 0 Å². The third-order valence-corrected chi connectivity index (χ3v) is 6.65. The van der Waals surface area contributed by atoms with Gasteiger partial charge >= 0.3 is 0 Å². The molecule has 128 valence electrons. The average Bonchev–Trinajstić information content (AvgIpc) is 2.58. The van der Waals surface area contributed by atoms with Crippen molar-refractivity contribution in [3.8, 4) is 0 Å². The normalized spacial score (nSPS) is 26.2. The minimum atomic E-state index is -2.57. The summed E-state index contributed by atoms with van der Waals surface area (Å²) in [5.74, 6) is 0. The van der Waals surface area contributed by atoms with Crippen molar-refractivity contribution in [2.24, 2.45) is 5.41 Å². The van der Waals surface area contributed by atoms with Crippen LogP contribution in [0.15, 0.2) is 48.8 Å². The monoisotopic (exact) mass is 382 g/mol. The van der Waals surface area contributed by atoms with Crippen molar-refractivity contribution in [2.75, 3.05) is 6.61 Å². The van der Waals surface area contributed by atoms with Gasteiger partial charge in [0.15, 0.2) is 0 Å². The van der Waals surface area contributed by atoms with Crippen LogP contribution in [0.5, 0.6) is 0 Å². The molecule has 2 atom stereocenters. The second kappa shape index (κ2) is 7.20. The number of rotatable bonds is 4. The lowest BCUT2D eigenvalue weighted by atomic mass is 9.83. The Hall–Kier alpha value is -0.810. The number of pyridine rings is 1. The molecule has 0 saturated carbocycles. The van der Waals surface area contributed by atoms with E-state index >= 15 is 0 Å². The summed E-state index contributed by atoms with van der Waals surface area (Å²) in [6.45, 7) is 2.77. The minimum Gasteiger partial charge on any atom is -0.317 e. The number of hydrogen-bond acceptors (Lipinski definition) is 4. The predicted octanol–water partition coefficient (Wildman–Crippen LogP) is 4.86. The number of aromatic nitrogens is 1. The first kappa shape index (κ1) is 18.0. The van der Waals surface area contributed by atoms with Gasteiger partial charge in [-0.25, -0.2) is 5.09 Å². The number of benzene rings is 1. The first-order chi connectivity index (χ1) is 11.4. The zero-order chi connectivity index (χ0) is 17.2. The van der Waals surface area contributed by atoms with Crippen molar-refractivity contribution < 1.29 is 9.05 Å². The van der Waals surface area contributed by atoms with Crippen LogP contribution in [0.2, 0.25) is 5.02 Å². The summed E-state index contributed by atoms with van der Waals surface area (Å²) in [6, 6.07) is 11.6. The summed E-state index contributed by atoms with van der Waals surface area (Å²) in [5, 5.41) is 3.98. The number of hydrogen-bond donors (Lipinski definition) is 1. The molecule has 3 rings (SSSR count). The van der Waals surface area contributed by atoms with Gasteiger partial charge in [-0.3, -0.25) is 4.98 Å². The Morgan fingerprint density at radius 2 is 2.08 bits per heavy atom. The Morgan fingerprint density at radius 1 is 1.33 bits per heavy atom. The van der Waals surface area contributed by atoms with E-state index in [2.05, 4.69) is 23.9 Å². The molecule has 1 aliphatic heterocycles. The molecule has 7 heteroatoms. The van der Waals surface area contributed by atoms with Gasteiger partial charge in [0.25, 0.3) is 6.64 Å². The quantitative estimate of drug-likeness (QED) is 0.765. The van der Waals surface area contributed by atoms with E-state index in [4.69, 9.17) is 32.5 Å². The molecule has 2 aromatic rings. The maximum atomic E-state index is 6.27. The first-order valence-corrected chi connectivity index (χ1v) is 10.7. The van der Waals surface area contributed by atoms with Crippen molar-refractivity contribution >= 4 is 30.1 Å². The van der Waals surface area contributed by atoms with Gasteiger partial charge < -0.3 is 9.05 Å². The Labute approximate surface area is 152 Å². The molecular weight excluding hydrogens is 363 g/mol. The highest BCUT2D eigenvalue weighted by atomic mass is 35.5. The smallest absolute Gasteiger partial charge is 0.262 e. The van der Waals surface area contributed by atoms with Crippen LogP contribution in [-0.4, -0.2) is 11.6 Å². The molecule has 0 radical (unpaired) electrons. The van der Waals surface area contributed by atoms with E-state index in [9.17, 15) is 0 Å². The SMILES string of the molecule is CC1(C)CO[P@@](=S)(NCc2cccnc2)O[C@H]1c1ccc(Cl)cc1. The molecule has 1 aromatic heterocycles. The van der Waals surface area contributed by atoms with Gasteiger partial charge in [0.1, 0.15) is 0 Å². The molecule has 0 amide bonds. The van der Waals surface area contributed by atoms with E-state index in [1.54, 1.807) is 12.4 Å². The Balaban J connectivity index is 1.76. The topological polar surface area (TPSA) is 43.4 Å². The van der Waals surface area contributed by atoms with Crippen LogP contribution in [0.4, 0.5) is 0 Å². The van der Waals surface area contributed by atoms with E-state index in [0.29, 0.717) is 18.2 Å². The van der Waals surface area contributed by atoms with Gasteiger partial charge in [-0.15, -0.1) is 0 Å². The fourth-order valence-electron chi connectivity index (χ4n) is 2.56. The van der Waals surface area contributed by atoms with E-state index in [-0.39, 0.29) is 11.5 Å². The van der Waals surface area contributed by atoms with Crippen LogP contribution in [0, 0.1) is 5.41 Å². The lowest BCUT2D eigenvalue weighted by molar-refractivity contribution is -0.0151. The third kappa shape index (κ3) is 4.23. The Morgan fingerprint density at radius 3 is 2.75 bits per heavy atom. The van der Waals surface area contributed by atoms with E-state index in [0.717, 1.165) is 11.1 Å². The lowest BCUT2D eigenvalue weighted by Gasteiger charge is -2.43. The summed E-state index contributed by atoms with van der Waals surface area (Å²) < 4.78 is 12.2. The van der Waals surface area contributed by atoms with Crippen LogP contribution in [0.3, 0.4) is 0 Å². The Bertz CT molecular complexity index is 740. The zero-order valence-corrected chi connectivity index (χ0v) is 16.1. The molecule has 1 saturated heterocycles. The van der Waals surface area contributed by atoms with Crippen LogP contribution >= 0.6 is 18.2 Å². The summed E-state index contributed by atoms with van der Waals surface area (Å²) in [5.41, 5.74) is 1.93. The Kier molecular flexibility index (Phi) is 5.40. The van der Waals surface area contributed by atoms with Gasteiger partial charge in [-0.2, -0.15) is 0 Å². The minimum absolute atomic E-state index is 0.143. The summed E-state index contributed by atoms with van der Waals surface area (Å²) in [7, 11) is 0.